The zero-order chi connectivity index (χ0) is 39.0. The van der Waals surface area contributed by atoms with Gasteiger partial charge < -0.3 is 9.13 Å². The summed E-state index contributed by atoms with van der Waals surface area (Å²) in [7, 11) is 0. The molecule has 0 bridgehead atoms. The molecule has 0 aliphatic carbocycles. The fraction of sp³-hybridized carbons (Fsp3) is 0. The van der Waals surface area contributed by atoms with Crippen molar-refractivity contribution in [1.82, 2.24) is 9.13 Å². The number of nitrogens with zero attached hydrogens (tertiary/aromatic N) is 2. The maximum absolute atomic E-state index is 9.72. The summed E-state index contributed by atoms with van der Waals surface area (Å²) >= 11 is 0. The third-order valence-electron chi connectivity index (χ3n) is 6.59. The molecule has 0 saturated carbocycles. The molecule has 0 N–H and O–H groups in total. The van der Waals surface area contributed by atoms with E-state index in [1.165, 1.54) is 0 Å². The summed E-state index contributed by atoms with van der Waals surface area (Å²) < 4.78 is 144. The van der Waals surface area contributed by atoms with Crippen molar-refractivity contribution in [2.45, 2.75) is 0 Å². The predicted molar refractivity (Wildman–Crippen MR) is 161 cm³/mol. The Balaban J connectivity index is 1.68. The van der Waals surface area contributed by atoms with Gasteiger partial charge in [-0.05, 0) is 47.9 Å². The monoisotopic (exact) mass is 500 g/mol. The molecule has 6 aromatic carbocycles. The summed E-state index contributed by atoms with van der Waals surface area (Å²) in [5.41, 5.74) is -1.52. The van der Waals surface area contributed by atoms with Gasteiger partial charge in [-0.3, -0.25) is 0 Å². The Bertz CT molecular complexity index is 2930. The molecule has 2 heteroatoms. The molecule has 2 nitrogen and oxygen atoms in total. The summed E-state index contributed by atoms with van der Waals surface area (Å²) in [6, 6.07) is 2.94. The van der Waals surface area contributed by atoms with Gasteiger partial charge in [0.05, 0.1) is 49.7 Å². The molecule has 0 aliphatic rings. The average molecular weight is 501 g/mol. The number of para-hydroxylation sites is 4. The average Bonchev–Trinajstić information content (AvgIpc) is 3.69. The summed E-state index contributed by atoms with van der Waals surface area (Å²) in [5, 5.41) is 1.06. The van der Waals surface area contributed by atoms with Gasteiger partial charge in [0.2, 0.25) is 0 Å². The Morgan fingerprint density at radius 3 is 1.87 bits per heavy atom. The van der Waals surface area contributed by atoms with Crippen LogP contribution in [-0.2, 0) is 0 Å². The number of fused-ring (bicyclic) bond motifs is 6. The first-order chi connectivity index (χ1) is 25.5. The van der Waals surface area contributed by atoms with E-state index in [9.17, 15) is 4.11 Å². The van der Waals surface area contributed by atoms with Crippen LogP contribution in [0.2, 0.25) is 0 Å². The second-order valence-corrected chi connectivity index (χ2v) is 8.60. The van der Waals surface area contributed by atoms with Crippen LogP contribution in [0, 0.1) is 0 Å². The molecule has 0 fully saturated rings. The maximum Gasteiger partial charge on any atom is 0.0652 e. The van der Waals surface area contributed by atoms with Gasteiger partial charge in [-0.15, -0.1) is 0 Å². The SMILES string of the molecule is [2H]c1c([2H])c([2H])c(-c2c([2H])c([2H])c([2H])c([2H])c2-n2c3c([2H])c([2H])c([2H])c([2H])c3c3c([2H])c(-n4c5ccccc5c5ccccc54)c([2H])c([2H])c32)c([2H])c1[2H]. The number of hydrogen-bond donors (Lipinski definition) is 0. The Morgan fingerprint density at radius 1 is 0.447 bits per heavy atom. The van der Waals surface area contributed by atoms with Crippen molar-refractivity contribution in [3.05, 3.63) is 145 Å². The lowest BCUT2D eigenvalue weighted by atomic mass is 10.0. The first-order valence-electron chi connectivity index (χ1n) is 19.7. The Morgan fingerprint density at radius 2 is 1.08 bits per heavy atom. The second-order valence-electron chi connectivity index (χ2n) is 8.60. The van der Waals surface area contributed by atoms with Crippen LogP contribution >= 0.6 is 0 Å². The minimum Gasteiger partial charge on any atom is -0.309 e. The first kappa shape index (κ1) is 10.7. The van der Waals surface area contributed by atoms with Crippen molar-refractivity contribution in [3.8, 4) is 22.5 Å². The molecule has 0 spiro atoms. The van der Waals surface area contributed by atoms with Gasteiger partial charge in [0.15, 0.2) is 0 Å². The predicted octanol–water partition coefficient (Wildman–Crippen LogP) is 9.55. The second kappa shape index (κ2) is 8.22. The highest BCUT2D eigenvalue weighted by Crippen LogP contribution is 2.38. The van der Waals surface area contributed by atoms with Gasteiger partial charge in [0.25, 0.3) is 0 Å². The smallest absolute Gasteiger partial charge is 0.0652 e. The number of rotatable bonds is 3. The van der Waals surface area contributed by atoms with Crippen molar-refractivity contribution in [2.24, 2.45) is 0 Å². The maximum atomic E-state index is 9.72. The highest BCUT2D eigenvalue weighted by Gasteiger charge is 2.17. The van der Waals surface area contributed by atoms with Crippen LogP contribution in [0.25, 0.3) is 66.1 Å². The van der Waals surface area contributed by atoms with Gasteiger partial charge >= 0.3 is 0 Å². The van der Waals surface area contributed by atoms with E-state index in [1.807, 2.05) is 24.3 Å². The molecule has 178 valence electrons. The van der Waals surface area contributed by atoms with Gasteiger partial charge in [0.1, 0.15) is 0 Å². The lowest BCUT2D eigenvalue weighted by molar-refractivity contribution is 1.17. The van der Waals surface area contributed by atoms with Crippen LogP contribution in [0.1, 0.15) is 21.9 Å². The molecule has 0 atom stereocenters. The first-order valence-corrected chi connectivity index (χ1v) is 11.7. The molecule has 0 aliphatic heterocycles. The molecule has 2 aromatic heterocycles. The van der Waals surface area contributed by atoms with Gasteiger partial charge in [-0.25, -0.2) is 0 Å². The van der Waals surface area contributed by atoms with Crippen molar-refractivity contribution >= 4 is 43.6 Å². The third kappa shape index (κ3) is 3.01. The number of benzene rings is 6. The van der Waals surface area contributed by atoms with E-state index in [-0.39, 0.29) is 22.0 Å². The van der Waals surface area contributed by atoms with E-state index in [0.717, 1.165) is 15.3 Å². The molecular weight excluding hydrogens is 460 g/mol. The highest BCUT2D eigenvalue weighted by atomic mass is 15.0. The van der Waals surface area contributed by atoms with Crippen LogP contribution in [0.4, 0.5) is 0 Å². The van der Waals surface area contributed by atoms with E-state index in [0.29, 0.717) is 11.0 Å². The molecule has 0 saturated heterocycles. The van der Waals surface area contributed by atoms with Gasteiger partial charge in [0, 0.05) is 32.8 Å². The fourth-order valence-corrected chi connectivity index (χ4v) is 5.03. The van der Waals surface area contributed by atoms with E-state index in [4.69, 9.17) is 17.8 Å². The van der Waals surface area contributed by atoms with Crippen LogP contribution in [0.15, 0.2) is 145 Å². The van der Waals surface area contributed by atoms with Crippen LogP contribution < -0.4 is 0 Å². The molecule has 38 heavy (non-hydrogen) atoms. The van der Waals surface area contributed by atoms with Crippen molar-refractivity contribution in [2.75, 3.05) is 0 Å². The van der Waals surface area contributed by atoms with Gasteiger partial charge in [-0.1, -0.05) is 103 Å². The van der Waals surface area contributed by atoms with Crippen molar-refractivity contribution < 1.29 is 21.9 Å². The quantitative estimate of drug-likeness (QED) is 0.229. The largest absolute Gasteiger partial charge is 0.309 e. The zero-order valence-electron chi connectivity index (χ0n) is 35.5. The third-order valence-corrected chi connectivity index (χ3v) is 6.59. The Labute approximate surface area is 243 Å². The molecule has 0 unspecified atom stereocenters. The fourth-order valence-electron chi connectivity index (χ4n) is 5.03. The molecule has 0 amide bonds. The zero-order valence-corrected chi connectivity index (χ0v) is 19.5. The minimum absolute atomic E-state index is 0.0860. The molecule has 8 rings (SSSR count). The van der Waals surface area contributed by atoms with E-state index >= 15 is 0 Å². The summed E-state index contributed by atoms with van der Waals surface area (Å²) in [4.78, 5) is 0. The van der Waals surface area contributed by atoms with Crippen LogP contribution in [-0.4, -0.2) is 9.13 Å². The normalized spacial score (nSPS) is 17.6. The van der Waals surface area contributed by atoms with Crippen molar-refractivity contribution in [3.63, 3.8) is 0 Å². The van der Waals surface area contributed by atoms with Gasteiger partial charge in [-0.2, -0.15) is 0 Å². The lowest BCUT2D eigenvalue weighted by Gasteiger charge is -2.14. The molecule has 0 radical (unpaired) electrons. The highest BCUT2D eigenvalue weighted by molar-refractivity contribution is 6.12. The van der Waals surface area contributed by atoms with Crippen molar-refractivity contribution in [1.29, 1.82) is 0 Å². The Kier molecular flexibility index (Phi) is 2.32. The Hall–Kier alpha value is -5.08. The molecule has 8 aromatic rings. The topological polar surface area (TPSA) is 9.86 Å². The van der Waals surface area contributed by atoms with E-state index in [2.05, 4.69) is 0 Å². The summed E-state index contributed by atoms with van der Waals surface area (Å²) in [6.45, 7) is 0. The standard InChI is InChI=1S/C36H24N2/c1-2-12-25(13-3-1)27-14-4-8-18-32(27)38-35-21-11-7-17-30(35)31-24-26(22-23-36(31)38)37-33-19-9-5-15-28(33)29-16-6-10-20-34(29)37/h1-24H/i1D,2D,3D,4D,7D,8D,11D,12D,13D,14D,17D,18D,21D,22D,23D,24D. The number of aromatic nitrogens is 2. The molecule has 2 heterocycles. The lowest BCUT2D eigenvalue weighted by Crippen LogP contribution is -1.97. The number of hydrogen-bond acceptors (Lipinski definition) is 0. The summed E-state index contributed by atoms with van der Waals surface area (Å²) in [5.74, 6) is 0. The van der Waals surface area contributed by atoms with Crippen LogP contribution in [0.3, 0.4) is 0 Å². The minimum atomic E-state index is -0.828. The van der Waals surface area contributed by atoms with E-state index in [1.54, 1.807) is 28.8 Å². The van der Waals surface area contributed by atoms with E-state index < -0.39 is 119 Å². The summed E-state index contributed by atoms with van der Waals surface area (Å²) in [6.07, 6.45) is 0. The van der Waals surface area contributed by atoms with Crippen LogP contribution in [0.5, 0.6) is 0 Å². The molecular formula is C36H24N2.